The van der Waals surface area contributed by atoms with Gasteiger partial charge in [-0.2, -0.15) is 0 Å². The molecule has 0 saturated carbocycles. The van der Waals surface area contributed by atoms with Crippen molar-refractivity contribution in [3.63, 3.8) is 0 Å². The van der Waals surface area contributed by atoms with Gasteiger partial charge in [-0.15, -0.1) is 0 Å². The minimum Gasteiger partial charge on any atom is -0.493 e. The number of rotatable bonds is 3. The van der Waals surface area contributed by atoms with E-state index in [-0.39, 0.29) is 0 Å². The van der Waals surface area contributed by atoms with Gasteiger partial charge in [0, 0.05) is 17.7 Å². The molecule has 2 heteroatoms. The van der Waals surface area contributed by atoms with Crippen molar-refractivity contribution in [1.82, 2.24) is 0 Å². The second-order valence-electron chi connectivity index (χ2n) is 5.39. The third-order valence-electron chi connectivity index (χ3n) is 3.96. The molecule has 0 fully saturated rings. The summed E-state index contributed by atoms with van der Waals surface area (Å²) in [5.41, 5.74) is 11.9. The Labute approximate surface area is 114 Å². The molecule has 2 N–H and O–H groups in total. The van der Waals surface area contributed by atoms with E-state index < -0.39 is 0 Å². The number of hydrogen-bond donors (Lipinski definition) is 1. The molecule has 0 radical (unpaired) electrons. The Hall–Kier alpha value is -1.96. The van der Waals surface area contributed by atoms with Crippen LogP contribution in [0.5, 0.6) is 5.75 Å². The van der Waals surface area contributed by atoms with E-state index in [0.717, 1.165) is 35.6 Å². The summed E-state index contributed by atoms with van der Waals surface area (Å²) >= 11 is 0. The number of hydrogen-bond acceptors (Lipinski definition) is 2. The zero-order chi connectivity index (χ0) is 13.4. The number of aryl methyl sites for hydroxylation is 2. The normalized spacial score (nSPS) is 16.6. The second kappa shape index (κ2) is 4.61. The number of anilines is 1. The average molecular weight is 253 g/mol. The number of nitrogens with two attached hydrogens (primary N) is 1. The van der Waals surface area contributed by atoms with Gasteiger partial charge in [0.15, 0.2) is 0 Å². The summed E-state index contributed by atoms with van der Waals surface area (Å²) in [7, 11) is 0. The molecule has 0 amide bonds. The van der Waals surface area contributed by atoms with Crippen molar-refractivity contribution in [2.24, 2.45) is 0 Å². The molecule has 1 atom stereocenters. The van der Waals surface area contributed by atoms with E-state index in [1.807, 2.05) is 13.0 Å². The highest BCUT2D eigenvalue weighted by Gasteiger charge is 2.25. The summed E-state index contributed by atoms with van der Waals surface area (Å²) in [5, 5.41) is 0. The molecule has 3 rings (SSSR count). The molecule has 1 aliphatic rings. The number of fused-ring (bicyclic) bond motifs is 1. The first-order valence-electron chi connectivity index (χ1n) is 6.72. The maximum Gasteiger partial charge on any atom is 0.124 e. The van der Waals surface area contributed by atoms with E-state index in [4.69, 9.17) is 10.5 Å². The molecule has 0 bridgehead atoms. The van der Waals surface area contributed by atoms with Crippen LogP contribution in [0.25, 0.3) is 0 Å². The molecule has 19 heavy (non-hydrogen) atoms. The number of ether oxygens (including phenoxy) is 1. The van der Waals surface area contributed by atoms with Crippen molar-refractivity contribution in [2.45, 2.75) is 26.2 Å². The lowest BCUT2D eigenvalue weighted by Crippen LogP contribution is -2.23. The third-order valence-corrected chi connectivity index (χ3v) is 3.96. The third kappa shape index (κ3) is 2.19. The van der Waals surface area contributed by atoms with Crippen molar-refractivity contribution >= 4 is 5.69 Å². The first-order chi connectivity index (χ1) is 9.15. The smallest absolute Gasteiger partial charge is 0.124 e. The van der Waals surface area contributed by atoms with Crippen LogP contribution in [0.15, 0.2) is 36.4 Å². The minimum absolute atomic E-state index is 0.526. The van der Waals surface area contributed by atoms with Crippen molar-refractivity contribution in [2.75, 3.05) is 12.3 Å². The van der Waals surface area contributed by atoms with E-state index >= 15 is 0 Å². The van der Waals surface area contributed by atoms with Crippen LogP contribution >= 0.6 is 0 Å². The average Bonchev–Trinajstić information content (AvgIpc) is 2.36. The van der Waals surface area contributed by atoms with Crippen LogP contribution in [-0.2, 0) is 6.42 Å². The predicted octanol–water partition coefficient (Wildman–Crippen LogP) is 3.60. The lowest BCUT2D eigenvalue weighted by atomic mass is 9.78. The zero-order valence-electron chi connectivity index (χ0n) is 11.4. The van der Waals surface area contributed by atoms with E-state index in [2.05, 4.69) is 37.3 Å². The van der Waals surface area contributed by atoms with Crippen LogP contribution in [0, 0.1) is 13.8 Å². The van der Waals surface area contributed by atoms with Crippen molar-refractivity contribution in [3.05, 3.63) is 58.7 Å². The van der Waals surface area contributed by atoms with Gasteiger partial charge in [-0.3, -0.25) is 0 Å². The Morgan fingerprint density at radius 2 is 1.95 bits per heavy atom. The molecule has 98 valence electrons. The van der Waals surface area contributed by atoms with Gasteiger partial charge in [-0.1, -0.05) is 30.3 Å². The standard InChI is InChI=1S/C17H19NO/c1-11-7-12(2)17(9-16(11)18)19-10-14-8-13-5-3-4-6-15(13)14/h3-7,9,14H,8,10,18H2,1-2H3. The van der Waals surface area contributed by atoms with Gasteiger partial charge in [0.2, 0.25) is 0 Å². The lowest BCUT2D eigenvalue weighted by molar-refractivity contribution is 0.274. The maximum atomic E-state index is 5.95. The lowest BCUT2D eigenvalue weighted by Gasteiger charge is -2.30. The molecular weight excluding hydrogens is 234 g/mol. The molecule has 0 aromatic heterocycles. The Balaban J connectivity index is 1.70. The minimum atomic E-state index is 0.526. The summed E-state index contributed by atoms with van der Waals surface area (Å²) in [4.78, 5) is 0. The van der Waals surface area contributed by atoms with Gasteiger partial charge in [0.1, 0.15) is 5.75 Å². The summed E-state index contributed by atoms with van der Waals surface area (Å²) in [6, 6.07) is 12.6. The second-order valence-corrected chi connectivity index (χ2v) is 5.39. The van der Waals surface area contributed by atoms with Crippen molar-refractivity contribution < 1.29 is 4.74 Å². The Morgan fingerprint density at radius 1 is 1.16 bits per heavy atom. The summed E-state index contributed by atoms with van der Waals surface area (Å²) < 4.78 is 5.95. The van der Waals surface area contributed by atoms with Gasteiger partial charge < -0.3 is 10.5 Å². The monoisotopic (exact) mass is 253 g/mol. The van der Waals surface area contributed by atoms with Gasteiger partial charge in [-0.25, -0.2) is 0 Å². The highest BCUT2D eigenvalue weighted by Crippen LogP contribution is 2.35. The molecular formula is C17H19NO. The maximum absolute atomic E-state index is 5.95. The van der Waals surface area contributed by atoms with Crippen LogP contribution in [0.1, 0.15) is 28.2 Å². The number of benzene rings is 2. The summed E-state index contributed by atoms with van der Waals surface area (Å²) in [6.45, 7) is 4.82. The van der Waals surface area contributed by atoms with E-state index in [9.17, 15) is 0 Å². The fourth-order valence-electron chi connectivity index (χ4n) is 2.71. The fraction of sp³-hybridized carbons (Fsp3) is 0.294. The molecule has 2 nitrogen and oxygen atoms in total. The fourth-order valence-corrected chi connectivity index (χ4v) is 2.71. The highest BCUT2D eigenvalue weighted by atomic mass is 16.5. The van der Waals surface area contributed by atoms with Crippen LogP contribution < -0.4 is 10.5 Å². The molecule has 1 aliphatic carbocycles. The van der Waals surface area contributed by atoms with Crippen LogP contribution in [0.3, 0.4) is 0 Å². The molecule has 0 aliphatic heterocycles. The Bertz CT molecular complexity index is 619. The van der Waals surface area contributed by atoms with Crippen molar-refractivity contribution in [3.8, 4) is 5.75 Å². The van der Waals surface area contributed by atoms with Gasteiger partial charge >= 0.3 is 0 Å². The van der Waals surface area contributed by atoms with Gasteiger partial charge in [0.05, 0.1) is 6.61 Å². The molecule has 2 aromatic carbocycles. The van der Waals surface area contributed by atoms with Gasteiger partial charge in [-0.05, 0) is 42.5 Å². The SMILES string of the molecule is Cc1cc(C)c(OCC2Cc3ccccc32)cc1N. The van der Waals surface area contributed by atoms with Gasteiger partial charge in [0.25, 0.3) is 0 Å². The Kier molecular flexibility index (Phi) is 2.94. The number of nitrogen functional groups attached to an aromatic ring is 1. The van der Waals surface area contributed by atoms with E-state index in [1.54, 1.807) is 0 Å². The molecule has 0 saturated heterocycles. The predicted molar refractivity (Wildman–Crippen MR) is 78.7 cm³/mol. The van der Waals surface area contributed by atoms with Crippen molar-refractivity contribution in [1.29, 1.82) is 0 Å². The largest absolute Gasteiger partial charge is 0.493 e. The molecule has 2 aromatic rings. The van der Waals surface area contributed by atoms with E-state index in [0.29, 0.717) is 5.92 Å². The molecule has 0 heterocycles. The first kappa shape index (κ1) is 12.1. The van der Waals surface area contributed by atoms with Crippen LogP contribution in [-0.4, -0.2) is 6.61 Å². The summed E-state index contributed by atoms with van der Waals surface area (Å²) in [6.07, 6.45) is 1.12. The van der Waals surface area contributed by atoms with Crippen LogP contribution in [0.4, 0.5) is 5.69 Å². The highest BCUT2D eigenvalue weighted by molar-refractivity contribution is 5.54. The van der Waals surface area contributed by atoms with E-state index in [1.165, 1.54) is 11.1 Å². The molecule has 1 unspecified atom stereocenters. The van der Waals surface area contributed by atoms with Crippen LogP contribution in [0.2, 0.25) is 0 Å². The summed E-state index contributed by atoms with van der Waals surface area (Å²) in [5.74, 6) is 1.44. The Morgan fingerprint density at radius 3 is 2.74 bits per heavy atom. The quantitative estimate of drug-likeness (QED) is 0.848. The topological polar surface area (TPSA) is 35.2 Å². The zero-order valence-corrected chi connectivity index (χ0v) is 11.4. The first-order valence-corrected chi connectivity index (χ1v) is 6.72. The molecule has 0 spiro atoms.